The van der Waals surface area contributed by atoms with Gasteiger partial charge in [-0.25, -0.2) is 0 Å². The SMILES string of the molecule is CCCNC(C)CC(C)OCCC1CC1. The second-order valence-electron chi connectivity index (χ2n) is 5.00. The molecule has 1 rings (SSSR count). The van der Waals surface area contributed by atoms with E-state index in [2.05, 4.69) is 26.1 Å². The first-order valence-corrected chi connectivity index (χ1v) is 6.57. The van der Waals surface area contributed by atoms with Gasteiger partial charge in [-0.1, -0.05) is 19.8 Å². The first-order valence-electron chi connectivity index (χ1n) is 6.57. The third-order valence-electron chi connectivity index (χ3n) is 3.05. The lowest BCUT2D eigenvalue weighted by Crippen LogP contribution is -2.30. The molecule has 0 aromatic carbocycles. The van der Waals surface area contributed by atoms with Crippen molar-refractivity contribution in [1.82, 2.24) is 5.32 Å². The molecule has 0 heterocycles. The van der Waals surface area contributed by atoms with Crippen molar-refractivity contribution in [1.29, 1.82) is 0 Å². The van der Waals surface area contributed by atoms with Crippen LogP contribution in [-0.2, 0) is 4.74 Å². The normalized spacial score (nSPS) is 20.2. The Kier molecular flexibility index (Phi) is 6.26. The van der Waals surface area contributed by atoms with Gasteiger partial charge in [0.2, 0.25) is 0 Å². The zero-order chi connectivity index (χ0) is 11.1. The molecule has 1 N–H and O–H groups in total. The molecular weight excluding hydrogens is 186 g/mol. The third-order valence-corrected chi connectivity index (χ3v) is 3.05. The zero-order valence-electron chi connectivity index (χ0n) is 10.6. The maximum Gasteiger partial charge on any atom is 0.0561 e. The lowest BCUT2D eigenvalue weighted by molar-refractivity contribution is 0.0504. The smallest absolute Gasteiger partial charge is 0.0561 e. The van der Waals surface area contributed by atoms with Crippen LogP contribution in [0.1, 0.15) is 52.9 Å². The lowest BCUT2D eigenvalue weighted by atomic mass is 10.1. The van der Waals surface area contributed by atoms with E-state index in [1.54, 1.807) is 0 Å². The van der Waals surface area contributed by atoms with E-state index in [1.807, 2.05) is 0 Å². The summed E-state index contributed by atoms with van der Waals surface area (Å²) in [5, 5.41) is 3.49. The van der Waals surface area contributed by atoms with E-state index in [0.717, 1.165) is 25.5 Å². The van der Waals surface area contributed by atoms with E-state index in [-0.39, 0.29) is 0 Å². The number of rotatable bonds is 9. The van der Waals surface area contributed by atoms with E-state index in [1.165, 1.54) is 25.7 Å². The topological polar surface area (TPSA) is 21.3 Å². The second-order valence-corrected chi connectivity index (χ2v) is 5.00. The monoisotopic (exact) mass is 213 g/mol. The summed E-state index contributed by atoms with van der Waals surface area (Å²) in [6.45, 7) is 8.73. The lowest BCUT2D eigenvalue weighted by Gasteiger charge is -2.18. The Hall–Kier alpha value is -0.0800. The molecule has 2 unspecified atom stereocenters. The van der Waals surface area contributed by atoms with Gasteiger partial charge in [-0.15, -0.1) is 0 Å². The van der Waals surface area contributed by atoms with Crippen LogP contribution in [0.3, 0.4) is 0 Å². The molecule has 0 aromatic heterocycles. The highest BCUT2D eigenvalue weighted by atomic mass is 16.5. The summed E-state index contributed by atoms with van der Waals surface area (Å²) in [5.41, 5.74) is 0. The van der Waals surface area contributed by atoms with Gasteiger partial charge in [-0.05, 0) is 45.6 Å². The Bertz CT molecular complexity index is 157. The average Bonchev–Trinajstić information content (AvgIpc) is 2.98. The summed E-state index contributed by atoms with van der Waals surface area (Å²) in [7, 11) is 0. The van der Waals surface area contributed by atoms with E-state index in [0.29, 0.717) is 12.1 Å². The summed E-state index contributed by atoms with van der Waals surface area (Å²) >= 11 is 0. The van der Waals surface area contributed by atoms with Crippen molar-refractivity contribution in [2.75, 3.05) is 13.2 Å². The van der Waals surface area contributed by atoms with Crippen LogP contribution < -0.4 is 5.32 Å². The maximum atomic E-state index is 5.80. The van der Waals surface area contributed by atoms with Crippen LogP contribution in [0.25, 0.3) is 0 Å². The van der Waals surface area contributed by atoms with Crippen molar-refractivity contribution in [2.24, 2.45) is 5.92 Å². The van der Waals surface area contributed by atoms with Crippen LogP contribution in [0, 0.1) is 5.92 Å². The maximum absolute atomic E-state index is 5.80. The molecule has 15 heavy (non-hydrogen) atoms. The summed E-state index contributed by atoms with van der Waals surface area (Å²) in [6.07, 6.45) is 6.90. The van der Waals surface area contributed by atoms with E-state index >= 15 is 0 Å². The Morgan fingerprint density at radius 3 is 2.67 bits per heavy atom. The van der Waals surface area contributed by atoms with Crippen LogP contribution in [0.2, 0.25) is 0 Å². The van der Waals surface area contributed by atoms with Gasteiger partial charge in [0, 0.05) is 12.6 Å². The van der Waals surface area contributed by atoms with Gasteiger partial charge < -0.3 is 10.1 Å². The summed E-state index contributed by atoms with van der Waals surface area (Å²) < 4.78 is 5.80. The summed E-state index contributed by atoms with van der Waals surface area (Å²) in [4.78, 5) is 0. The molecule has 1 aliphatic carbocycles. The van der Waals surface area contributed by atoms with Crippen molar-refractivity contribution >= 4 is 0 Å². The van der Waals surface area contributed by atoms with Crippen molar-refractivity contribution in [3.63, 3.8) is 0 Å². The molecule has 0 saturated heterocycles. The molecule has 2 heteroatoms. The third kappa shape index (κ3) is 6.91. The van der Waals surface area contributed by atoms with Crippen LogP contribution in [0.15, 0.2) is 0 Å². The van der Waals surface area contributed by atoms with E-state index < -0.39 is 0 Å². The molecule has 1 saturated carbocycles. The molecule has 90 valence electrons. The molecule has 2 nitrogen and oxygen atoms in total. The highest BCUT2D eigenvalue weighted by Gasteiger charge is 2.20. The Labute approximate surface area is 94.8 Å². The minimum absolute atomic E-state index is 0.406. The fourth-order valence-electron chi connectivity index (χ4n) is 1.88. The standard InChI is InChI=1S/C13H27NO/c1-4-8-14-11(2)10-12(3)15-9-7-13-5-6-13/h11-14H,4-10H2,1-3H3. The molecule has 0 bridgehead atoms. The fraction of sp³-hybridized carbons (Fsp3) is 1.00. The molecule has 1 fully saturated rings. The van der Waals surface area contributed by atoms with Crippen LogP contribution in [-0.4, -0.2) is 25.3 Å². The van der Waals surface area contributed by atoms with Gasteiger partial charge in [0.1, 0.15) is 0 Å². The number of ether oxygens (including phenoxy) is 1. The van der Waals surface area contributed by atoms with Crippen LogP contribution >= 0.6 is 0 Å². The Balaban J connectivity index is 1.92. The molecule has 0 aromatic rings. The number of nitrogens with one attached hydrogen (secondary N) is 1. The molecule has 0 spiro atoms. The van der Waals surface area contributed by atoms with Crippen molar-refractivity contribution in [2.45, 2.75) is 65.0 Å². The van der Waals surface area contributed by atoms with Crippen molar-refractivity contribution in [3.8, 4) is 0 Å². The van der Waals surface area contributed by atoms with Gasteiger partial charge >= 0.3 is 0 Å². The fourth-order valence-corrected chi connectivity index (χ4v) is 1.88. The molecule has 0 radical (unpaired) electrons. The van der Waals surface area contributed by atoms with Crippen LogP contribution in [0.4, 0.5) is 0 Å². The molecule has 0 amide bonds. The Morgan fingerprint density at radius 2 is 2.07 bits per heavy atom. The van der Waals surface area contributed by atoms with Gasteiger partial charge in [-0.3, -0.25) is 0 Å². The molecular formula is C13H27NO. The van der Waals surface area contributed by atoms with Gasteiger partial charge in [0.25, 0.3) is 0 Å². The van der Waals surface area contributed by atoms with Crippen LogP contribution in [0.5, 0.6) is 0 Å². The van der Waals surface area contributed by atoms with Gasteiger partial charge in [0.05, 0.1) is 6.10 Å². The summed E-state index contributed by atoms with van der Waals surface area (Å²) in [5.74, 6) is 0.993. The number of hydrogen-bond acceptors (Lipinski definition) is 2. The predicted molar refractivity (Wildman–Crippen MR) is 65.1 cm³/mol. The van der Waals surface area contributed by atoms with Gasteiger partial charge in [0.15, 0.2) is 0 Å². The molecule has 0 aliphatic heterocycles. The Morgan fingerprint density at radius 1 is 1.33 bits per heavy atom. The predicted octanol–water partition coefficient (Wildman–Crippen LogP) is 2.97. The highest BCUT2D eigenvalue weighted by Crippen LogP contribution is 2.32. The largest absolute Gasteiger partial charge is 0.378 e. The average molecular weight is 213 g/mol. The molecule has 1 aliphatic rings. The first kappa shape index (κ1) is 13.0. The summed E-state index contributed by atoms with van der Waals surface area (Å²) in [6, 6.07) is 0.584. The molecule has 2 atom stereocenters. The second kappa shape index (κ2) is 7.24. The van der Waals surface area contributed by atoms with Crippen molar-refractivity contribution < 1.29 is 4.74 Å². The number of hydrogen-bond donors (Lipinski definition) is 1. The van der Waals surface area contributed by atoms with Crippen molar-refractivity contribution in [3.05, 3.63) is 0 Å². The first-order chi connectivity index (χ1) is 7.22. The minimum atomic E-state index is 0.406. The quantitative estimate of drug-likeness (QED) is 0.636. The van der Waals surface area contributed by atoms with E-state index in [9.17, 15) is 0 Å². The van der Waals surface area contributed by atoms with E-state index in [4.69, 9.17) is 4.74 Å². The minimum Gasteiger partial charge on any atom is -0.378 e. The van der Waals surface area contributed by atoms with Gasteiger partial charge in [-0.2, -0.15) is 0 Å². The zero-order valence-corrected chi connectivity index (χ0v) is 10.6. The highest BCUT2D eigenvalue weighted by molar-refractivity contribution is 4.72.